The summed E-state index contributed by atoms with van der Waals surface area (Å²) >= 11 is 0. The van der Waals surface area contributed by atoms with Crippen molar-refractivity contribution in [2.45, 2.75) is 33.2 Å². The molecular weight excluding hydrogens is 278 g/mol. The van der Waals surface area contributed by atoms with Gasteiger partial charge in [0, 0.05) is 18.7 Å². The van der Waals surface area contributed by atoms with Crippen molar-refractivity contribution in [3.05, 3.63) is 47.3 Å². The number of rotatable bonds is 7. The smallest absolute Gasteiger partial charge is 0.220 e. The number of carbonyl (C=O) groups excluding carboxylic acids is 1. The van der Waals surface area contributed by atoms with Gasteiger partial charge in [-0.15, -0.1) is 0 Å². The van der Waals surface area contributed by atoms with E-state index in [4.69, 9.17) is 4.74 Å². The van der Waals surface area contributed by atoms with Gasteiger partial charge in [-0.3, -0.25) is 9.48 Å². The monoisotopic (exact) mass is 301 g/mol. The van der Waals surface area contributed by atoms with Gasteiger partial charge in [0.25, 0.3) is 0 Å². The van der Waals surface area contributed by atoms with E-state index in [0.29, 0.717) is 25.9 Å². The predicted molar refractivity (Wildman–Crippen MR) is 86.0 cm³/mol. The van der Waals surface area contributed by atoms with Crippen molar-refractivity contribution in [3.63, 3.8) is 0 Å². The Labute approximate surface area is 131 Å². The molecule has 118 valence electrons. The Balaban J connectivity index is 1.72. The molecule has 1 heterocycles. The van der Waals surface area contributed by atoms with Crippen LogP contribution >= 0.6 is 0 Å². The van der Waals surface area contributed by atoms with Crippen LogP contribution in [0.25, 0.3) is 0 Å². The number of carbonyl (C=O) groups is 1. The van der Waals surface area contributed by atoms with Crippen LogP contribution in [0.3, 0.4) is 0 Å². The highest BCUT2D eigenvalue weighted by Crippen LogP contribution is 2.13. The molecule has 0 saturated heterocycles. The van der Waals surface area contributed by atoms with Crippen LogP contribution in [0.5, 0.6) is 5.75 Å². The molecule has 0 atom stereocenters. The van der Waals surface area contributed by atoms with Gasteiger partial charge in [-0.05, 0) is 44.0 Å². The molecule has 0 bridgehead atoms. The molecular formula is C17H23N3O2. The summed E-state index contributed by atoms with van der Waals surface area (Å²) in [5.41, 5.74) is 3.22. The Kier molecular flexibility index (Phi) is 5.58. The van der Waals surface area contributed by atoms with Crippen LogP contribution in [-0.4, -0.2) is 29.3 Å². The van der Waals surface area contributed by atoms with Crippen molar-refractivity contribution in [1.29, 1.82) is 0 Å². The van der Waals surface area contributed by atoms with Gasteiger partial charge in [0.1, 0.15) is 5.75 Å². The van der Waals surface area contributed by atoms with Gasteiger partial charge in [-0.25, -0.2) is 0 Å². The largest absolute Gasteiger partial charge is 0.497 e. The van der Waals surface area contributed by atoms with Crippen LogP contribution in [0.1, 0.15) is 23.4 Å². The Hall–Kier alpha value is -2.30. The Morgan fingerprint density at radius 3 is 2.82 bits per heavy atom. The molecule has 0 unspecified atom stereocenters. The third kappa shape index (κ3) is 4.62. The lowest BCUT2D eigenvalue weighted by molar-refractivity contribution is -0.121. The highest BCUT2D eigenvalue weighted by Gasteiger charge is 2.04. The minimum Gasteiger partial charge on any atom is -0.497 e. The molecule has 22 heavy (non-hydrogen) atoms. The number of benzene rings is 1. The van der Waals surface area contributed by atoms with Crippen LogP contribution < -0.4 is 10.1 Å². The molecule has 1 aromatic carbocycles. The first-order valence-corrected chi connectivity index (χ1v) is 7.49. The zero-order valence-electron chi connectivity index (χ0n) is 13.4. The summed E-state index contributed by atoms with van der Waals surface area (Å²) in [6.07, 6.45) is 1.19. The van der Waals surface area contributed by atoms with Crippen molar-refractivity contribution in [2.75, 3.05) is 13.7 Å². The van der Waals surface area contributed by atoms with Crippen LogP contribution in [0, 0.1) is 13.8 Å². The fourth-order valence-electron chi connectivity index (χ4n) is 2.38. The van der Waals surface area contributed by atoms with Gasteiger partial charge in [0.2, 0.25) is 5.91 Å². The zero-order chi connectivity index (χ0) is 15.9. The first-order valence-electron chi connectivity index (χ1n) is 7.49. The van der Waals surface area contributed by atoms with E-state index < -0.39 is 0 Å². The molecule has 0 radical (unpaired) electrons. The van der Waals surface area contributed by atoms with Gasteiger partial charge < -0.3 is 10.1 Å². The zero-order valence-corrected chi connectivity index (χ0v) is 13.4. The van der Waals surface area contributed by atoms with Crippen LogP contribution in [0.15, 0.2) is 30.3 Å². The number of methoxy groups -OCH3 is 1. The maximum atomic E-state index is 11.9. The summed E-state index contributed by atoms with van der Waals surface area (Å²) < 4.78 is 7.09. The number of nitrogens with zero attached hydrogens (tertiary/aromatic N) is 2. The number of aryl methyl sites for hydroxylation is 3. The normalized spacial score (nSPS) is 10.5. The van der Waals surface area contributed by atoms with E-state index in [-0.39, 0.29) is 5.91 Å². The summed E-state index contributed by atoms with van der Waals surface area (Å²) in [6, 6.07) is 9.84. The van der Waals surface area contributed by atoms with Crippen molar-refractivity contribution in [2.24, 2.45) is 0 Å². The number of hydrogen-bond donors (Lipinski definition) is 1. The lowest BCUT2D eigenvalue weighted by atomic mass is 10.1. The van der Waals surface area contributed by atoms with Crippen molar-refractivity contribution >= 4 is 5.91 Å². The maximum absolute atomic E-state index is 11.9. The molecule has 2 aromatic rings. The van der Waals surface area contributed by atoms with E-state index >= 15 is 0 Å². The fourth-order valence-corrected chi connectivity index (χ4v) is 2.38. The molecule has 5 nitrogen and oxygen atoms in total. The van der Waals surface area contributed by atoms with E-state index in [2.05, 4.69) is 10.4 Å². The lowest BCUT2D eigenvalue weighted by Gasteiger charge is -2.07. The van der Waals surface area contributed by atoms with Gasteiger partial charge in [-0.1, -0.05) is 12.1 Å². The third-order valence-corrected chi connectivity index (χ3v) is 3.52. The Morgan fingerprint density at radius 2 is 2.14 bits per heavy atom. The topological polar surface area (TPSA) is 56.1 Å². The molecule has 0 spiro atoms. The highest BCUT2D eigenvalue weighted by molar-refractivity contribution is 5.76. The van der Waals surface area contributed by atoms with Crippen LogP contribution in [-0.2, 0) is 17.8 Å². The number of ether oxygens (including phenoxy) is 1. The standard InChI is InChI=1S/C17H23N3O2/c1-13-11-14(2)20(19-13)10-9-18-17(21)8-7-15-5-4-6-16(12-15)22-3/h4-6,11-12H,7-10H2,1-3H3,(H,18,21). The molecule has 5 heteroatoms. The number of hydrogen-bond acceptors (Lipinski definition) is 3. The van der Waals surface area contributed by atoms with Crippen molar-refractivity contribution in [1.82, 2.24) is 15.1 Å². The van der Waals surface area contributed by atoms with E-state index in [1.54, 1.807) is 7.11 Å². The van der Waals surface area contributed by atoms with Gasteiger partial charge >= 0.3 is 0 Å². The molecule has 0 fully saturated rings. The molecule has 1 N–H and O–H groups in total. The van der Waals surface area contributed by atoms with E-state index in [1.807, 2.05) is 48.9 Å². The van der Waals surface area contributed by atoms with Crippen molar-refractivity contribution in [3.8, 4) is 5.75 Å². The molecule has 0 aliphatic carbocycles. The predicted octanol–water partition coefficient (Wildman–Crippen LogP) is 2.26. The lowest BCUT2D eigenvalue weighted by Crippen LogP contribution is -2.27. The van der Waals surface area contributed by atoms with Gasteiger partial charge in [0.05, 0.1) is 19.3 Å². The first-order chi connectivity index (χ1) is 10.6. The minimum atomic E-state index is 0.0596. The molecule has 0 saturated carbocycles. The number of nitrogens with one attached hydrogen (secondary N) is 1. The average Bonchev–Trinajstić information content (AvgIpc) is 2.83. The molecule has 2 rings (SSSR count). The fraction of sp³-hybridized carbons (Fsp3) is 0.412. The van der Waals surface area contributed by atoms with Gasteiger partial charge in [-0.2, -0.15) is 5.10 Å². The second kappa shape index (κ2) is 7.64. The maximum Gasteiger partial charge on any atom is 0.220 e. The van der Waals surface area contributed by atoms with Crippen molar-refractivity contribution < 1.29 is 9.53 Å². The average molecular weight is 301 g/mol. The van der Waals surface area contributed by atoms with E-state index in [1.165, 1.54) is 0 Å². The van der Waals surface area contributed by atoms with E-state index in [0.717, 1.165) is 22.7 Å². The quantitative estimate of drug-likeness (QED) is 0.853. The van der Waals surface area contributed by atoms with Crippen LogP contribution in [0.2, 0.25) is 0 Å². The summed E-state index contributed by atoms with van der Waals surface area (Å²) in [5.74, 6) is 0.881. The Bertz CT molecular complexity index is 635. The number of aromatic nitrogens is 2. The molecule has 1 aromatic heterocycles. The highest BCUT2D eigenvalue weighted by atomic mass is 16.5. The summed E-state index contributed by atoms with van der Waals surface area (Å²) in [7, 11) is 1.64. The summed E-state index contributed by atoms with van der Waals surface area (Å²) in [6.45, 7) is 5.28. The summed E-state index contributed by atoms with van der Waals surface area (Å²) in [4.78, 5) is 11.9. The van der Waals surface area contributed by atoms with Crippen LogP contribution in [0.4, 0.5) is 0 Å². The third-order valence-electron chi connectivity index (χ3n) is 3.52. The van der Waals surface area contributed by atoms with Gasteiger partial charge in [0.15, 0.2) is 0 Å². The summed E-state index contributed by atoms with van der Waals surface area (Å²) in [5, 5.41) is 7.31. The van der Waals surface area contributed by atoms with E-state index in [9.17, 15) is 4.79 Å². The minimum absolute atomic E-state index is 0.0596. The molecule has 1 amide bonds. The number of amides is 1. The molecule has 0 aliphatic rings. The SMILES string of the molecule is COc1cccc(CCC(=O)NCCn2nc(C)cc2C)c1. The second-order valence-corrected chi connectivity index (χ2v) is 5.35. The Morgan fingerprint density at radius 1 is 1.32 bits per heavy atom. The molecule has 0 aliphatic heterocycles. The second-order valence-electron chi connectivity index (χ2n) is 5.35. The first kappa shape index (κ1) is 16.1.